The lowest BCUT2D eigenvalue weighted by atomic mass is 9.60. The molecular formula is C20H29N3O2. The van der Waals surface area contributed by atoms with Gasteiger partial charge in [0.25, 0.3) is 0 Å². The van der Waals surface area contributed by atoms with E-state index in [2.05, 4.69) is 22.8 Å². The molecule has 3 rings (SSSR count). The number of nitrogens with zero attached hydrogens (tertiary/aromatic N) is 1. The first kappa shape index (κ1) is 17.8. The number of carbonyl (C=O) groups is 2. The molecule has 1 aromatic carbocycles. The molecular weight excluding hydrogens is 314 g/mol. The smallest absolute Gasteiger partial charge is 0.315 e. The van der Waals surface area contributed by atoms with Gasteiger partial charge in [-0.1, -0.05) is 49.6 Å². The van der Waals surface area contributed by atoms with Gasteiger partial charge in [0.2, 0.25) is 5.91 Å². The number of β-lactam (4-membered cyclic amide) rings is 1. The highest BCUT2D eigenvalue weighted by Gasteiger charge is 2.60. The van der Waals surface area contributed by atoms with Gasteiger partial charge in [0, 0.05) is 19.1 Å². The van der Waals surface area contributed by atoms with Crippen LogP contribution in [0.3, 0.4) is 0 Å². The molecule has 2 N–H and O–H groups in total. The summed E-state index contributed by atoms with van der Waals surface area (Å²) in [6, 6.07) is 10.4. The molecule has 1 saturated heterocycles. The lowest BCUT2D eigenvalue weighted by Crippen LogP contribution is -2.65. The first-order valence-electron chi connectivity index (χ1n) is 9.45. The van der Waals surface area contributed by atoms with Crippen molar-refractivity contribution in [2.24, 2.45) is 5.41 Å². The molecule has 1 heterocycles. The van der Waals surface area contributed by atoms with Crippen LogP contribution in [0.1, 0.15) is 57.6 Å². The van der Waals surface area contributed by atoms with Gasteiger partial charge in [-0.25, -0.2) is 4.79 Å². The van der Waals surface area contributed by atoms with E-state index in [-0.39, 0.29) is 29.4 Å². The second-order valence-electron chi connectivity index (χ2n) is 7.58. The molecule has 1 spiro atoms. The van der Waals surface area contributed by atoms with Gasteiger partial charge >= 0.3 is 6.03 Å². The van der Waals surface area contributed by atoms with Crippen LogP contribution in [0.15, 0.2) is 30.3 Å². The predicted molar refractivity (Wildman–Crippen MR) is 98.1 cm³/mol. The topological polar surface area (TPSA) is 61.4 Å². The van der Waals surface area contributed by atoms with Crippen molar-refractivity contribution in [1.29, 1.82) is 0 Å². The van der Waals surface area contributed by atoms with E-state index in [1.807, 2.05) is 36.9 Å². The SMILES string of the molecule is CC(C)NC(=O)NCCN1C(=O)C2(CCCCC2)C1c1ccccc1. The average molecular weight is 343 g/mol. The average Bonchev–Trinajstić information content (AvgIpc) is 2.61. The third kappa shape index (κ3) is 3.51. The maximum Gasteiger partial charge on any atom is 0.315 e. The molecule has 0 radical (unpaired) electrons. The Bertz CT molecular complexity index is 609. The Hall–Kier alpha value is -2.04. The fourth-order valence-corrected chi connectivity index (χ4v) is 4.39. The fourth-order valence-electron chi connectivity index (χ4n) is 4.39. The van der Waals surface area contributed by atoms with Gasteiger partial charge in [-0.3, -0.25) is 4.79 Å². The Kier molecular flexibility index (Phi) is 5.30. The molecule has 1 atom stereocenters. The monoisotopic (exact) mass is 343 g/mol. The van der Waals surface area contributed by atoms with E-state index in [4.69, 9.17) is 0 Å². The molecule has 1 saturated carbocycles. The number of carbonyl (C=O) groups excluding carboxylic acids is 2. The highest BCUT2D eigenvalue weighted by Crippen LogP contribution is 2.57. The number of nitrogens with one attached hydrogen (secondary N) is 2. The van der Waals surface area contributed by atoms with Gasteiger partial charge in [-0.15, -0.1) is 0 Å². The molecule has 1 aliphatic heterocycles. The van der Waals surface area contributed by atoms with Gasteiger partial charge in [-0.2, -0.15) is 0 Å². The number of rotatable bonds is 5. The van der Waals surface area contributed by atoms with Crippen LogP contribution in [-0.4, -0.2) is 36.0 Å². The minimum Gasteiger partial charge on any atom is -0.336 e. The van der Waals surface area contributed by atoms with Crippen molar-refractivity contribution in [1.82, 2.24) is 15.5 Å². The Labute approximate surface area is 150 Å². The summed E-state index contributed by atoms with van der Waals surface area (Å²) < 4.78 is 0. The lowest BCUT2D eigenvalue weighted by Gasteiger charge is -2.58. The Balaban J connectivity index is 1.68. The molecule has 2 fully saturated rings. The standard InChI is InChI=1S/C20H29N3O2/c1-15(2)22-19(25)21-13-14-23-17(16-9-5-3-6-10-16)20(18(23)24)11-7-4-8-12-20/h3,5-6,9-10,15,17H,4,7-8,11-14H2,1-2H3,(H2,21,22,25). The zero-order chi connectivity index (χ0) is 17.9. The molecule has 5 heteroatoms. The van der Waals surface area contributed by atoms with E-state index in [0.717, 1.165) is 25.7 Å². The van der Waals surface area contributed by atoms with Gasteiger partial charge in [-0.05, 0) is 32.3 Å². The largest absolute Gasteiger partial charge is 0.336 e. The second-order valence-corrected chi connectivity index (χ2v) is 7.58. The predicted octanol–water partition coefficient (Wildman–Crippen LogP) is 3.23. The molecule has 136 valence electrons. The van der Waals surface area contributed by atoms with Crippen LogP contribution >= 0.6 is 0 Å². The Morgan fingerprint density at radius 1 is 1.20 bits per heavy atom. The summed E-state index contributed by atoms with van der Waals surface area (Å²) in [4.78, 5) is 26.7. The van der Waals surface area contributed by atoms with Crippen molar-refractivity contribution < 1.29 is 9.59 Å². The van der Waals surface area contributed by atoms with Crippen molar-refractivity contribution >= 4 is 11.9 Å². The summed E-state index contributed by atoms with van der Waals surface area (Å²) in [6.07, 6.45) is 5.48. The number of amides is 3. The summed E-state index contributed by atoms with van der Waals surface area (Å²) in [5.41, 5.74) is 1.01. The van der Waals surface area contributed by atoms with Crippen molar-refractivity contribution in [2.45, 2.75) is 58.0 Å². The van der Waals surface area contributed by atoms with Crippen LogP contribution in [0, 0.1) is 5.41 Å². The molecule has 25 heavy (non-hydrogen) atoms. The van der Waals surface area contributed by atoms with Gasteiger partial charge < -0.3 is 15.5 Å². The van der Waals surface area contributed by atoms with Crippen LogP contribution < -0.4 is 10.6 Å². The van der Waals surface area contributed by atoms with Crippen molar-refractivity contribution in [2.75, 3.05) is 13.1 Å². The summed E-state index contributed by atoms with van der Waals surface area (Å²) in [6.45, 7) is 4.89. The molecule has 3 amide bonds. The van der Waals surface area contributed by atoms with Crippen LogP contribution in [0.4, 0.5) is 4.79 Å². The third-order valence-corrected chi connectivity index (χ3v) is 5.44. The maximum absolute atomic E-state index is 13.0. The van der Waals surface area contributed by atoms with E-state index in [1.165, 1.54) is 12.0 Å². The summed E-state index contributed by atoms with van der Waals surface area (Å²) >= 11 is 0. The van der Waals surface area contributed by atoms with Crippen LogP contribution in [0.2, 0.25) is 0 Å². The molecule has 2 aliphatic rings. The van der Waals surface area contributed by atoms with Gasteiger partial charge in [0.15, 0.2) is 0 Å². The molecule has 0 bridgehead atoms. The number of hydrogen-bond acceptors (Lipinski definition) is 2. The van der Waals surface area contributed by atoms with Crippen LogP contribution in [0.5, 0.6) is 0 Å². The molecule has 1 aliphatic carbocycles. The second kappa shape index (κ2) is 7.46. The fraction of sp³-hybridized carbons (Fsp3) is 0.600. The molecule has 1 unspecified atom stereocenters. The van der Waals surface area contributed by atoms with Crippen molar-refractivity contribution in [3.05, 3.63) is 35.9 Å². The number of likely N-dealkylation sites (tertiary alicyclic amines) is 1. The highest BCUT2D eigenvalue weighted by atomic mass is 16.2. The molecule has 1 aromatic rings. The Morgan fingerprint density at radius 2 is 1.88 bits per heavy atom. The maximum atomic E-state index is 13.0. The zero-order valence-electron chi connectivity index (χ0n) is 15.3. The van der Waals surface area contributed by atoms with E-state index >= 15 is 0 Å². The van der Waals surface area contributed by atoms with E-state index in [1.54, 1.807) is 0 Å². The summed E-state index contributed by atoms with van der Waals surface area (Å²) in [5.74, 6) is 0.270. The van der Waals surface area contributed by atoms with E-state index < -0.39 is 0 Å². The van der Waals surface area contributed by atoms with E-state index in [9.17, 15) is 9.59 Å². The normalized spacial score (nSPS) is 22.0. The number of benzene rings is 1. The lowest BCUT2D eigenvalue weighted by molar-refractivity contribution is -0.178. The summed E-state index contributed by atoms with van der Waals surface area (Å²) in [7, 11) is 0. The molecule has 5 nitrogen and oxygen atoms in total. The highest BCUT2D eigenvalue weighted by molar-refractivity contribution is 5.91. The number of hydrogen-bond donors (Lipinski definition) is 2. The quantitative estimate of drug-likeness (QED) is 0.806. The molecule has 0 aromatic heterocycles. The van der Waals surface area contributed by atoms with Crippen LogP contribution in [0.25, 0.3) is 0 Å². The van der Waals surface area contributed by atoms with Gasteiger partial charge in [0.05, 0.1) is 11.5 Å². The summed E-state index contributed by atoms with van der Waals surface area (Å²) in [5, 5.41) is 5.66. The Morgan fingerprint density at radius 3 is 2.52 bits per heavy atom. The van der Waals surface area contributed by atoms with E-state index in [0.29, 0.717) is 13.1 Å². The first-order valence-corrected chi connectivity index (χ1v) is 9.45. The first-order chi connectivity index (χ1) is 12.0. The third-order valence-electron chi connectivity index (χ3n) is 5.44. The van der Waals surface area contributed by atoms with Crippen LogP contribution in [-0.2, 0) is 4.79 Å². The number of urea groups is 1. The van der Waals surface area contributed by atoms with Crippen molar-refractivity contribution in [3.63, 3.8) is 0 Å². The minimum atomic E-state index is -0.209. The van der Waals surface area contributed by atoms with Crippen molar-refractivity contribution in [3.8, 4) is 0 Å². The zero-order valence-corrected chi connectivity index (χ0v) is 15.3. The minimum absolute atomic E-state index is 0.105. The van der Waals surface area contributed by atoms with Gasteiger partial charge in [0.1, 0.15) is 0 Å².